The van der Waals surface area contributed by atoms with Gasteiger partial charge in [0.15, 0.2) is 0 Å². The first-order valence-corrected chi connectivity index (χ1v) is 5.43. The van der Waals surface area contributed by atoms with Crippen molar-refractivity contribution in [3.8, 4) is 0 Å². The van der Waals surface area contributed by atoms with E-state index in [1.165, 1.54) is 25.7 Å². The molecule has 1 aromatic heterocycles. The molecule has 0 fully saturated rings. The van der Waals surface area contributed by atoms with Crippen molar-refractivity contribution in [2.24, 2.45) is 5.92 Å². The largest absolute Gasteiger partial charge is 0.367 e. The van der Waals surface area contributed by atoms with Gasteiger partial charge in [-0.15, -0.1) is 5.10 Å². The van der Waals surface area contributed by atoms with E-state index in [0.29, 0.717) is 11.9 Å². The smallest absolute Gasteiger partial charge is 0.239 e. The van der Waals surface area contributed by atoms with Crippen molar-refractivity contribution in [2.75, 3.05) is 5.73 Å². The van der Waals surface area contributed by atoms with Gasteiger partial charge in [-0.1, -0.05) is 39.5 Å². The van der Waals surface area contributed by atoms with Crippen LogP contribution in [0.2, 0.25) is 0 Å². The standard InChI is InChI=1S/C10H20N4/c1-3-5-6-8(4-2)7-9-12-10(11)14-13-9/h8H,3-7H2,1-2H3,(H3,11,12,13,14). The number of aromatic amines is 1. The number of hydrogen-bond donors (Lipinski definition) is 2. The molecular weight excluding hydrogens is 176 g/mol. The Kier molecular flexibility index (Phi) is 4.43. The summed E-state index contributed by atoms with van der Waals surface area (Å²) < 4.78 is 0. The number of unbranched alkanes of at least 4 members (excludes halogenated alkanes) is 1. The highest BCUT2D eigenvalue weighted by molar-refractivity contribution is 5.12. The average molecular weight is 196 g/mol. The van der Waals surface area contributed by atoms with Crippen LogP contribution in [0.3, 0.4) is 0 Å². The van der Waals surface area contributed by atoms with Crippen molar-refractivity contribution in [3.63, 3.8) is 0 Å². The van der Waals surface area contributed by atoms with Crippen molar-refractivity contribution >= 4 is 5.95 Å². The lowest BCUT2D eigenvalue weighted by Crippen LogP contribution is -2.04. The molecule has 0 spiro atoms. The summed E-state index contributed by atoms with van der Waals surface area (Å²) in [5, 5.41) is 6.69. The maximum atomic E-state index is 5.44. The molecule has 0 bridgehead atoms. The number of nitrogens with two attached hydrogens (primary N) is 1. The highest BCUT2D eigenvalue weighted by Crippen LogP contribution is 2.16. The van der Waals surface area contributed by atoms with Gasteiger partial charge < -0.3 is 5.73 Å². The third-order valence-corrected chi connectivity index (χ3v) is 2.57. The predicted molar refractivity (Wildman–Crippen MR) is 57.8 cm³/mol. The first-order chi connectivity index (χ1) is 6.76. The Morgan fingerprint density at radius 3 is 2.71 bits per heavy atom. The number of anilines is 1. The van der Waals surface area contributed by atoms with Crippen LogP contribution in [0.4, 0.5) is 5.95 Å². The average Bonchev–Trinajstić information content (AvgIpc) is 2.58. The molecule has 0 aliphatic rings. The fraction of sp³-hybridized carbons (Fsp3) is 0.800. The summed E-state index contributed by atoms with van der Waals surface area (Å²) in [7, 11) is 0. The molecule has 1 heterocycles. The van der Waals surface area contributed by atoms with E-state index in [2.05, 4.69) is 29.0 Å². The Labute approximate surface area is 85.3 Å². The lowest BCUT2D eigenvalue weighted by Gasteiger charge is -2.11. The van der Waals surface area contributed by atoms with E-state index in [1.54, 1.807) is 0 Å². The van der Waals surface area contributed by atoms with Crippen molar-refractivity contribution in [2.45, 2.75) is 46.0 Å². The van der Waals surface area contributed by atoms with Crippen LogP contribution < -0.4 is 5.73 Å². The molecule has 1 rings (SSSR count). The minimum Gasteiger partial charge on any atom is -0.367 e. The topological polar surface area (TPSA) is 67.6 Å². The second-order valence-electron chi connectivity index (χ2n) is 3.76. The zero-order valence-electron chi connectivity index (χ0n) is 9.08. The third-order valence-electron chi connectivity index (χ3n) is 2.57. The van der Waals surface area contributed by atoms with Gasteiger partial charge in [0.25, 0.3) is 0 Å². The van der Waals surface area contributed by atoms with Crippen LogP contribution in [-0.4, -0.2) is 15.2 Å². The summed E-state index contributed by atoms with van der Waals surface area (Å²) in [6.07, 6.45) is 5.99. The van der Waals surface area contributed by atoms with Crippen LogP contribution in [0.1, 0.15) is 45.4 Å². The van der Waals surface area contributed by atoms with Gasteiger partial charge in [-0.25, -0.2) is 0 Å². The molecule has 1 atom stereocenters. The molecule has 0 aliphatic heterocycles. The Balaban J connectivity index is 2.40. The number of nitrogens with zero attached hydrogens (tertiary/aromatic N) is 2. The van der Waals surface area contributed by atoms with Gasteiger partial charge in [0.2, 0.25) is 5.95 Å². The minimum absolute atomic E-state index is 0.352. The monoisotopic (exact) mass is 196 g/mol. The SMILES string of the molecule is CCCCC(CC)Cc1nc(N)n[nH]1. The van der Waals surface area contributed by atoms with E-state index in [1.807, 2.05) is 0 Å². The van der Waals surface area contributed by atoms with E-state index in [4.69, 9.17) is 5.73 Å². The summed E-state index contributed by atoms with van der Waals surface area (Å²) in [5.74, 6) is 1.98. The van der Waals surface area contributed by atoms with Crippen LogP contribution in [-0.2, 0) is 6.42 Å². The Morgan fingerprint density at radius 1 is 1.43 bits per heavy atom. The van der Waals surface area contributed by atoms with Crippen LogP contribution in [0.15, 0.2) is 0 Å². The predicted octanol–water partition coefficient (Wildman–Crippen LogP) is 2.15. The first-order valence-electron chi connectivity index (χ1n) is 5.43. The molecule has 3 N–H and O–H groups in total. The van der Waals surface area contributed by atoms with Crippen LogP contribution in [0, 0.1) is 5.92 Å². The van der Waals surface area contributed by atoms with E-state index in [-0.39, 0.29) is 0 Å². The Morgan fingerprint density at radius 2 is 2.21 bits per heavy atom. The van der Waals surface area contributed by atoms with Crippen molar-refractivity contribution in [1.29, 1.82) is 0 Å². The summed E-state index contributed by atoms with van der Waals surface area (Å²) >= 11 is 0. The van der Waals surface area contributed by atoms with Gasteiger partial charge in [0.1, 0.15) is 5.82 Å². The quantitative estimate of drug-likeness (QED) is 0.732. The molecule has 0 amide bonds. The van der Waals surface area contributed by atoms with Crippen molar-refractivity contribution in [1.82, 2.24) is 15.2 Å². The summed E-state index contributed by atoms with van der Waals surface area (Å²) in [6, 6.07) is 0. The summed E-state index contributed by atoms with van der Waals surface area (Å²) in [4.78, 5) is 4.12. The molecule has 4 heteroatoms. The number of nitrogen functional groups attached to an aromatic ring is 1. The molecule has 0 radical (unpaired) electrons. The fourth-order valence-electron chi connectivity index (χ4n) is 1.62. The Bertz CT molecular complexity index is 256. The highest BCUT2D eigenvalue weighted by atomic mass is 15.3. The molecule has 4 nitrogen and oxygen atoms in total. The molecular formula is C10H20N4. The lowest BCUT2D eigenvalue weighted by atomic mass is 9.96. The van der Waals surface area contributed by atoms with Gasteiger partial charge in [-0.2, -0.15) is 4.98 Å². The molecule has 1 unspecified atom stereocenters. The normalized spacial score (nSPS) is 13.0. The van der Waals surface area contributed by atoms with Crippen LogP contribution >= 0.6 is 0 Å². The number of nitrogens with one attached hydrogen (secondary N) is 1. The number of H-pyrrole nitrogens is 1. The van der Waals surface area contributed by atoms with E-state index >= 15 is 0 Å². The van der Waals surface area contributed by atoms with Crippen molar-refractivity contribution < 1.29 is 0 Å². The second kappa shape index (κ2) is 5.62. The van der Waals surface area contributed by atoms with E-state index in [0.717, 1.165) is 12.2 Å². The fourth-order valence-corrected chi connectivity index (χ4v) is 1.62. The number of rotatable bonds is 6. The zero-order valence-corrected chi connectivity index (χ0v) is 9.08. The van der Waals surface area contributed by atoms with Gasteiger partial charge in [-0.3, -0.25) is 5.10 Å². The highest BCUT2D eigenvalue weighted by Gasteiger charge is 2.09. The first kappa shape index (κ1) is 11.0. The molecule has 0 saturated carbocycles. The lowest BCUT2D eigenvalue weighted by molar-refractivity contribution is 0.441. The van der Waals surface area contributed by atoms with Gasteiger partial charge in [0.05, 0.1) is 0 Å². The molecule has 0 aromatic carbocycles. The summed E-state index contributed by atoms with van der Waals surface area (Å²) in [5.41, 5.74) is 5.44. The molecule has 0 saturated heterocycles. The second-order valence-corrected chi connectivity index (χ2v) is 3.76. The molecule has 0 aliphatic carbocycles. The molecule has 1 aromatic rings. The summed E-state index contributed by atoms with van der Waals surface area (Å²) in [6.45, 7) is 4.44. The van der Waals surface area contributed by atoms with Gasteiger partial charge in [0, 0.05) is 6.42 Å². The zero-order chi connectivity index (χ0) is 10.4. The van der Waals surface area contributed by atoms with Gasteiger partial charge >= 0.3 is 0 Å². The van der Waals surface area contributed by atoms with E-state index < -0.39 is 0 Å². The number of aromatic nitrogens is 3. The number of hydrogen-bond acceptors (Lipinski definition) is 3. The maximum Gasteiger partial charge on any atom is 0.239 e. The van der Waals surface area contributed by atoms with Gasteiger partial charge in [-0.05, 0) is 5.92 Å². The maximum absolute atomic E-state index is 5.44. The van der Waals surface area contributed by atoms with Crippen molar-refractivity contribution in [3.05, 3.63) is 5.82 Å². The molecule has 80 valence electrons. The minimum atomic E-state index is 0.352. The third kappa shape index (κ3) is 3.36. The Hall–Kier alpha value is -1.06. The molecule has 14 heavy (non-hydrogen) atoms. The van der Waals surface area contributed by atoms with E-state index in [9.17, 15) is 0 Å². The van der Waals surface area contributed by atoms with Crippen LogP contribution in [0.25, 0.3) is 0 Å². The van der Waals surface area contributed by atoms with Crippen LogP contribution in [0.5, 0.6) is 0 Å².